The lowest BCUT2D eigenvalue weighted by atomic mass is 10.1. The average molecular weight is 328 g/mol. The normalized spacial score (nSPS) is 28.5. The average Bonchev–Trinajstić information content (AvgIpc) is 2.96. The minimum Gasteiger partial charge on any atom is -0.396 e. The maximum absolute atomic E-state index is 12.3. The summed E-state index contributed by atoms with van der Waals surface area (Å²) >= 11 is 0.963. The zero-order valence-corrected chi connectivity index (χ0v) is 12.6. The number of anilines is 1. The Hall–Kier alpha value is -1.59. The van der Waals surface area contributed by atoms with Crippen LogP contribution in [-0.2, 0) is 9.47 Å². The molecule has 10 heteroatoms. The molecule has 1 fully saturated rings. The molecule has 3 rings (SSSR count). The monoisotopic (exact) mass is 328 g/mol. The predicted molar refractivity (Wildman–Crippen MR) is 78.5 cm³/mol. The van der Waals surface area contributed by atoms with Crippen LogP contribution in [0.1, 0.15) is 12.6 Å². The summed E-state index contributed by atoms with van der Waals surface area (Å²) < 4.78 is 12.9. The molecule has 0 radical (unpaired) electrons. The summed E-state index contributed by atoms with van der Waals surface area (Å²) in [7, 11) is 1.43. The molecular formula is C12H16N4O5S. The van der Waals surface area contributed by atoms with Gasteiger partial charge in [-0.1, -0.05) is 11.3 Å². The van der Waals surface area contributed by atoms with E-state index in [4.69, 9.17) is 20.3 Å². The molecule has 3 heterocycles. The number of aliphatic hydroxyl groups is 2. The Bertz CT molecular complexity index is 732. The lowest BCUT2D eigenvalue weighted by Crippen LogP contribution is -2.35. The first-order valence-corrected chi connectivity index (χ1v) is 7.49. The maximum atomic E-state index is 12.3. The molecule has 0 unspecified atom stereocenters. The third kappa shape index (κ3) is 2.38. The summed E-state index contributed by atoms with van der Waals surface area (Å²) in [6.07, 6.45) is -1.45. The number of nitrogens with two attached hydrogens (primary N) is 1. The highest BCUT2D eigenvalue weighted by atomic mass is 32.1. The van der Waals surface area contributed by atoms with Crippen molar-refractivity contribution in [1.29, 1.82) is 0 Å². The summed E-state index contributed by atoms with van der Waals surface area (Å²) in [4.78, 5) is 19.9. The molecule has 1 aliphatic heterocycles. The minimum atomic E-state index is -0.955. The van der Waals surface area contributed by atoms with Gasteiger partial charge in [0.15, 0.2) is 11.9 Å². The molecule has 1 aliphatic rings. The van der Waals surface area contributed by atoms with Crippen LogP contribution in [0.3, 0.4) is 0 Å². The Morgan fingerprint density at radius 3 is 3.05 bits per heavy atom. The molecule has 0 bridgehead atoms. The van der Waals surface area contributed by atoms with Crippen LogP contribution >= 0.6 is 11.3 Å². The smallest absolute Gasteiger partial charge is 0.311 e. The van der Waals surface area contributed by atoms with Crippen molar-refractivity contribution in [2.45, 2.75) is 31.0 Å². The van der Waals surface area contributed by atoms with Crippen LogP contribution < -0.4 is 10.6 Å². The molecule has 22 heavy (non-hydrogen) atoms. The zero-order chi connectivity index (χ0) is 15.9. The van der Waals surface area contributed by atoms with Gasteiger partial charge in [-0.15, -0.1) is 0 Å². The van der Waals surface area contributed by atoms with E-state index in [2.05, 4.69) is 9.97 Å². The third-order valence-electron chi connectivity index (χ3n) is 3.63. The first-order valence-electron chi connectivity index (χ1n) is 6.67. The molecule has 0 spiro atoms. The molecule has 4 atom stereocenters. The number of aliphatic hydroxyl groups excluding tert-OH is 2. The number of rotatable bonds is 4. The zero-order valence-electron chi connectivity index (χ0n) is 11.7. The van der Waals surface area contributed by atoms with Crippen molar-refractivity contribution in [3.63, 3.8) is 0 Å². The topological polar surface area (TPSA) is 133 Å². The molecule has 2 aromatic rings. The second kappa shape index (κ2) is 5.89. The number of hydrogen-bond acceptors (Lipinski definition) is 9. The fourth-order valence-electron chi connectivity index (χ4n) is 2.62. The Morgan fingerprint density at radius 1 is 1.59 bits per heavy atom. The van der Waals surface area contributed by atoms with Gasteiger partial charge in [0.2, 0.25) is 5.95 Å². The van der Waals surface area contributed by atoms with Crippen LogP contribution in [0.5, 0.6) is 0 Å². The largest absolute Gasteiger partial charge is 0.396 e. The van der Waals surface area contributed by atoms with Crippen LogP contribution in [0.4, 0.5) is 5.95 Å². The van der Waals surface area contributed by atoms with E-state index in [1.807, 2.05) is 0 Å². The number of ether oxygens (including phenoxy) is 2. The minimum absolute atomic E-state index is 0.0403. The Kier molecular flexibility index (Phi) is 4.10. The summed E-state index contributed by atoms with van der Waals surface area (Å²) in [5, 5.41) is 19.3. The van der Waals surface area contributed by atoms with Crippen LogP contribution in [0.15, 0.2) is 11.0 Å². The number of methoxy groups -OCH3 is 1. The highest BCUT2D eigenvalue weighted by Crippen LogP contribution is 2.34. The van der Waals surface area contributed by atoms with Crippen molar-refractivity contribution in [3.05, 3.63) is 15.9 Å². The van der Waals surface area contributed by atoms with Crippen LogP contribution in [-0.4, -0.2) is 56.8 Å². The summed E-state index contributed by atoms with van der Waals surface area (Å²) in [6, 6.07) is 0. The van der Waals surface area contributed by atoms with Gasteiger partial charge in [-0.2, -0.15) is 4.98 Å². The van der Waals surface area contributed by atoms with E-state index < -0.39 is 24.5 Å². The molecule has 0 amide bonds. The molecule has 0 saturated carbocycles. The van der Waals surface area contributed by atoms with Gasteiger partial charge in [-0.25, -0.2) is 4.98 Å². The molecule has 1 saturated heterocycles. The molecule has 0 aromatic carbocycles. The van der Waals surface area contributed by atoms with E-state index in [1.165, 1.54) is 17.9 Å². The lowest BCUT2D eigenvalue weighted by Gasteiger charge is -2.19. The van der Waals surface area contributed by atoms with Crippen LogP contribution in [0.2, 0.25) is 0 Å². The second-order valence-electron chi connectivity index (χ2n) is 4.92. The van der Waals surface area contributed by atoms with Crippen molar-refractivity contribution >= 4 is 27.6 Å². The Labute approximate surface area is 128 Å². The van der Waals surface area contributed by atoms with Gasteiger partial charge in [-0.05, 0) is 6.42 Å². The predicted octanol–water partition coefficient (Wildman–Crippen LogP) is -0.909. The van der Waals surface area contributed by atoms with Crippen molar-refractivity contribution < 1.29 is 19.7 Å². The Morgan fingerprint density at radius 2 is 2.36 bits per heavy atom. The third-order valence-corrected chi connectivity index (χ3v) is 4.51. The highest BCUT2D eigenvalue weighted by Gasteiger charge is 2.45. The number of nitrogen functional groups attached to an aromatic ring is 1. The van der Waals surface area contributed by atoms with E-state index in [0.29, 0.717) is 10.3 Å². The highest BCUT2D eigenvalue weighted by molar-refractivity contribution is 7.16. The second-order valence-corrected chi connectivity index (χ2v) is 5.92. The fourth-order valence-corrected chi connectivity index (χ4v) is 3.44. The summed E-state index contributed by atoms with van der Waals surface area (Å²) in [5.41, 5.74) is 5.92. The van der Waals surface area contributed by atoms with Gasteiger partial charge in [0, 0.05) is 13.7 Å². The van der Waals surface area contributed by atoms with Crippen LogP contribution in [0.25, 0.3) is 10.3 Å². The van der Waals surface area contributed by atoms with Gasteiger partial charge in [0.05, 0.1) is 17.0 Å². The van der Waals surface area contributed by atoms with Gasteiger partial charge >= 0.3 is 4.87 Å². The quantitative estimate of drug-likeness (QED) is 0.657. The van der Waals surface area contributed by atoms with E-state index in [9.17, 15) is 9.90 Å². The summed E-state index contributed by atoms with van der Waals surface area (Å²) in [6.45, 7) is -0.140. The van der Waals surface area contributed by atoms with E-state index >= 15 is 0 Å². The number of aromatic nitrogens is 3. The molecule has 120 valence electrons. The standard InChI is InChI=1S/C12H16N4O5S/c1-20-8-7(18)5(2-3-17)21-10(8)16-9-6(22-12(16)19)4-14-11(13)15-9/h4-5,7-8,10,17-18H,2-3H2,1H3,(H2,13,14,15)/t5-,7-,8-,10-/m1/s1. The van der Waals surface area contributed by atoms with Crippen molar-refractivity contribution in [2.24, 2.45) is 0 Å². The number of thiazole rings is 1. The molecule has 9 nitrogen and oxygen atoms in total. The number of nitrogens with zero attached hydrogens (tertiary/aromatic N) is 3. The van der Waals surface area contributed by atoms with E-state index in [-0.39, 0.29) is 23.8 Å². The van der Waals surface area contributed by atoms with Crippen LogP contribution in [0, 0.1) is 0 Å². The molecule has 2 aromatic heterocycles. The van der Waals surface area contributed by atoms with E-state index in [1.54, 1.807) is 0 Å². The van der Waals surface area contributed by atoms with Gasteiger partial charge in [-0.3, -0.25) is 9.36 Å². The van der Waals surface area contributed by atoms with Crippen molar-refractivity contribution in [3.8, 4) is 0 Å². The molecule has 4 N–H and O–H groups in total. The summed E-state index contributed by atoms with van der Waals surface area (Å²) in [5.74, 6) is 0.0403. The number of hydrogen-bond donors (Lipinski definition) is 3. The maximum Gasteiger partial charge on any atom is 0.311 e. The SMILES string of the molecule is CO[C@@H]1[C@H](O)[C@@H](CCO)O[C@H]1n1c(=O)sc2cnc(N)nc21. The molecular weight excluding hydrogens is 312 g/mol. The first-order chi connectivity index (χ1) is 10.6. The van der Waals surface area contributed by atoms with Crippen molar-refractivity contribution in [1.82, 2.24) is 14.5 Å². The fraction of sp³-hybridized carbons (Fsp3) is 0.583. The lowest BCUT2D eigenvalue weighted by molar-refractivity contribution is -0.0530. The molecule has 0 aliphatic carbocycles. The van der Waals surface area contributed by atoms with E-state index in [0.717, 1.165) is 11.3 Å². The number of fused-ring (bicyclic) bond motifs is 1. The van der Waals surface area contributed by atoms with Gasteiger partial charge in [0.1, 0.15) is 12.2 Å². The van der Waals surface area contributed by atoms with Gasteiger partial charge in [0.25, 0.3) is 0 Å². The first kappa shape index (κ1) is 15.3. The van der Waals surface area contributed by atoms with Gasteiger partial charge < -0.3 is 25.4 Å². The Balaban J connectivity index is 2.08. The van der Waals surface area contributed by atoms with Crippen molar-refractivity contribution in [2.75, 3.05) is 19.5 Å².